The lowest BCUT2D eigenvalue weighted by atomic mass is 10.1. The fraction of sp³-hybridized carbons (Fsp3) is 0.667. The molecule has 1 aromatic heterocycles. The van der Waals surface area contributed by atoms with E-state index in [1.54, 1.807) is 0 Å². The predicted molar refractivity (Wildman–Crippen MR) is 79.8 cm³/mol. The van der Waals surface area contributed by atoms with Gasteiger partial charge in [0.1, 0.15) is 11.5 Å². The van der Waals surface area contributed by atoms with Crippen molar-refractivity contribution in [2.24, 2.45) is 4.99 Å². The van der Waals surface area contributed by atoms with Crippen molar-refractivity contribution in [3.8, 4) is 0 Å². The zero-order valence-corrected chi connectivity index (χ0v) is 12.6. The topological polar surface area (TPSA) is 61.0 Å². The Morgan fingerprint density at radius 1 is 1.45 bits per heavy atom. The average molecular weight is 279 g/mol. The maximum atomic E-state index is 9.59. The number of piperidine rings is 1. The van der Waals surface area contributed by atoms with Gasteiger partial charge in [0, 0.05) is 25.2 Å². The number of hydrogen-bond acceptors (Lipinski definition) is 3. The normalized spacial score (nSPS) is 17.6. The Bertz CT molecular complexity index is 460. The molecule has 0 unspecified atom stereocenters. The smallest absolute Gasteiger partial charge is 0.194 e. The number of rotatable bonds is 3. The molecule has 0 amide bonds. The first-order valence-corrected chi connectivity index (χ1v) is 7.37. The van der Waals surface area contributed by atoms with Gasteiger partial charge in [0.2, 0.25) is 0 Å². The molecule has 1 aliphatic rings. The molecule has 2 N–H and O–H groups in total. The van der Waals surface area contributed by atoms with Crippen LogP contribution in [0.1, 0.15) is 36.8 Å². The highest BCUT2D eigenvalue weighted by Crippen LogP contribution is 2.15. The number of aliphatic imine (C=N–C) groups is 1. The molecule has 2 rings (SSSR count). The van der Waals surface area contributed by atoms with Crippen LogP contribution in [0.25, 0.3) is 0 Å². The Hall–Kier alpha value is -1.49. The van der Waals surface area contributed by atoms with E-state index in [0.29, 0.717) is 6.54 Å². The molecule has 20 heavy (non-hydrogen) atoms. The van der Waals surface area contributed by atoms with Crippen molar-refractivity contribution in [1.82, 2.24) is 10.2 Å². The fourth-order valence-electron chi connectivity index (χ4n) is 2.50. The lowest BCUT2D eigenvalue weighted by Gasteiger charge is -2.32. The minimum absolute atomic E-state index is 0.159. The van der Waals surface area contributed by atoms with Crippen LogP contribution in [0, 0.1) is 13.8 Å². The molecule has 1 saturated heterocycles. The molecule has 0 saturated carbocycles. The summed E-state index contributed by atoms with van der Waals surface area (Å²) in [6, 6.07) is 2.04. The van der Waals surface area contributed by atoms with E-state index in [9.17, 15) is 5.11 Å². The molecule has 112 valence electrons. The van der Waals surface area contributed by atoms with Crippen LogP contribution in [0.4, 0.5) is 0 Å². The summed E-state index contributed by atoms with van der Waals surface area (Å²) < 4.78 is 5.53. The summed E-state index contributed by atoms with van der Waals surface area (Å²) in [5, 5.41) is 12.9. The van der Waals surface area contributed by atoms with Crippen molar-refractivity contribution in [2.45, 2.75) is 46.3 Å². The van der Waals surface area contributed by atoms with Crippen LogP contribution in [0.3, 0.4) is 0 Å². The van der Waals surface area contributed by atoms with Gasteiger partial charge in [-0.05, 0) is 39.7 Å². The fourth-order valence-corrected chi connectivity index (χ4v) is 2.50. The SMILES string of the molecule is CCNC(=NCc1cc(C)oc1C)N1CCC(O)CC1. The molecule has 5 heteroatoms. The van der Waals surface area contributed by atoms with Crippen LogP contribution in [-0.4, -0.2) is 41.7 Å². The molecule has 2 heterocycles. The molecule has 1 aromatic rings. The Balaban J connectivity index is 2.03. The standard InChI is InChI=1S/C15H25N3O2/c1-4-16-15(18-7-5-14(19)6-8-18)17-10-13-9-11(2)20-12(13)3/h9,14,19H,4-8,10H2,1-3H3,(H,16,17). The van der Waals surface area contributed by atoms with Gasteiger partial charge in [-0.15, -0.1) is 0 Å². The number of aliphatic hydroxyl groups is 1. The number of furan rings is 1. The van der Waals surface area contributed by atoms with Gasteiger partial charge >= 0.3 is 0 Å². The van der Waals surface area contributed by atoms with E-state index >= 15 is 0 Å². The zero-order valence-electron chi connectivity index (χ0n) is 12.6. The van der Waals surface area contributed by atoms with Crippen LogP contribution in [0.5, 0.6) is 0 Å². The van der Waals surface area contributed by atoms with E-state index in [0.717, 1.165) is 55.5 Å². The monoisotopic (exact) mass is 279 g/mol. The number of nitrogens with zero attached hydrogens (tertiary/aromatic N) is 2. The Morgan fingerprint density at radius 2 is 2.15 bits per heavy atom. The summed E-state index contributed by atoms with van der Waals surface area (Å²) in [4.78, 5) is 6.92. The van der Waals surface area contributed by atoms with Gasteiger partial charge in [0.05, 0.1) is 12.6 Å². The van der Waals surface area contributed by atoms with Gasteiger partial charge in [-0.25, -0.2) is 4.99 Å². The van der Waals surface area contributed by atoms with Crippen molar-refractivity contribution >= 4 is 5.96 Å². The summed E-state index contributed by atoms with van der Waals surface area (Å²) >= 11 is 0. The highest BCUT2D eigenvalue weighted by Gasteiger charge is 2.19. The van der Waals surface area contributed by atoms with Crippen molar-refractivity contribution in [2.75, 3.05) is 19.6 Å². The van der Waals surface area contributed by atoms with Gasteiger partial charge in [-0.3, -0.25) is 0 Å². The van der Waals surface area contributed by atoms with E-state index in [1.807, 2.05) is 19.9 Å². The number of aryl methyl sites for hydroxylation is 2. The first kappa shape index (κ1) is 14.9. The third-order valence-electron chi connectivity index (χ3n) is 3.64. The molecule has 0 aromatic carbocycles. The summed E-state index contributed by atoms with van der Waals surface area (Å²) in [5.41, 5.74) is 1.13. The molecule has 0 radical (unpaired) electrons. The lowest BCUT2D eigenvalue weighted by Crippen LogP contribution is -2.46. The molecule has 1 fully saturated rings. The zero-order chi connectivity index (χ0) is 14.5. The maximum Gasteiger partial charge on any atom is 0.194 e. The van der Waals surface area contributed by atoms with Gasteiger partial charge in [0.15, 0.2) is 5.96 Å². The second kappa shape index (κ2) is 6.79. The van der Waals surface area contributed by atoms with Gasteiger partial charge in [-0.2, -0.15) is 0 Å². The summed E-state index contributed by atoms with van der Waals surface area (Å²) in [6.07, 6.45) is 1.47. The molecule has 0 bridgehead atoms. The third-order valence-corrected chi connectivity index (χ3v) is 3.64. The molecule has 1 aliphatic heterocycles. The van der Waals surface area contributed by atoms with E-state index < -0.39 is 0 Å². The average Bonchev–Trinajstić information content (AvgIpc) is 2.74. The first-order valence-electron chi connectivity index (χ1n) is 7.37. The van der Waals surface area contributed by atoms with Gasteiger partial charge in [-0.1, -0.05) is 0 Å². The van der Waals surface area contributed by atoms with Crippen LogP contribution in [-0.2, 0) is 6.54 Å². The van der Waals surface area contributed by atoms with Crippen LogP contribution >= 0.6 is 0 Å². The van der Waals surface area contributed by atoms with E-state index in [1.165, 1.54) is 0 Å². The van der Waals surface area contributed by atoms with Crippen LogP contribution in [0.2, 0.25) is 0 Å². The highest BCUT2D eigenvalue weighted by molar-refractivity contribution is 5.80. The molecule has 0 aliphatic carbocycles. The summed E-state index contributed by atoms with van der Waals surface area (Å²) in [6.45, 7) is 9.19. The summed E-state index contributed by atoms with van der Waals surface area (Å²) in [7, 11) is 0. The van der Waals surface area contributed by atoms with E-state index in [2.05, 4.69) is 17.1 Å². The highest BCUT2D eigenvalue weighted by atomic mass is 16.3. The van der Waals surface area contributed by atoms with Crippen LogP contribution in [0.15, 0.2) is 15.5 Å². The van der Waals surface area contributed by atoms with Crippen molar-refractivity contribution < 1.29 is 9.52 Å². The Morgan fingerprint density at radius 3 is 2.70 bits per heavy atom. The second-order valence-electron chi connectivity index (χ2n) is 5.33. The quantitative estimate of drug-likeness (QED) is 0.654. The van der Waals surface area contributed by atoms with Crippen molar-refractivity contribution in [3.63, 3.8) is 0 Å². The minimum Gasteiger partial charge on any atom is -0.466 e. The van der Waals surface area contributed by atoms with Gasteiger partial charge in [0.25, 0.3) is 0 Å². The Labute approximate surface area is 120 Å². The Kier molecular flexibility index (Phi) is 5.06. The number of hydrogen-bond donors (Lipinski definition) is 2. The van der Waals surface area contributed by atoms with Crippen molar-refractivity contribution in [3.05, 3.63) is 23.2 Å². The number of likely N-dealkylation sites (tertiary alicyclic amines) is 1. The molecular weight excluding hydrogens is 254 g/mol. The maximum absolute atomic E-state index is 9.59. The largest absolute Gasteiger partial charge is 0.466 e. The van der Waals surface area contributed by atoms with E-state index in [4.69, 9.17) is 9.41 Å². The van der Waals surface area contributed by atoms with Crippen molar-refractivity contribution in [1.29, 1.82) is 0 Å². The first-order chi connectivity index (χ1) is 9.60. The molecule has 0 atom stereocenters. The van der Waals surface area contributed by atoms with Gasteiger partial charge < -0.3 is 19.7 Å². The molecular formula is C15H25N3O2. The minimum atomic E-state index is -0.159. The number of aliphatic hydroxyl groups excluding tert-OH is 1. The molecule has 5 nitrogen and oxygen atoms in total. The third kappa shape index (κ3) is 3.76. The summed E-state index contributed by atoms with van der Waals surface area (Å²) in [5.74, 6) is 2.80. The van der Waals surface area contributed by atoms with Crippen LogP contribution < -0.4 is 5.32 Å². The predicted octanol–water partition coefficient (Wildman–Crippen LogP) is 1.82. The molecule has 0 spiro atoms. The van der Waals surface area contributed by atoms with E-state index in [-0.39, 0.29) is 6.10 Å². The lowest BCUT2D eigenvalue weighted by molar-refractivity contribution is 0.108. The second-order valence-corrected chi connectivity index (χ2v) is 5.33. The number of guanidine groups is 1. The number of nitrogens with one attached hydrogen (secondary N) is 1.